The number of benzene rings is 1. The molecule has 0 heterocycles. The Labute approximate surface area is 136 Å². The fourth-order valence-corrected chi connectivity index (χ4v) is 2.87. The summed E-state index contributed by atoms with van der Waals surface area (Å²) in [5.41, 5.74) is 6.52. The van der Waals surface area contributed by atoms with Crippen molar-refractivity contribution in [3.8, 4) is 5.75 Å². The van der Waals surface area contributed by atoms with Crippen LogP contribution in [0.4, 0.5) is 5.69 Å². The molecule has 2 atom stereocenters. The van der Waals surface area contributed by atoms with Gasteiger partial charge in [-0.05, 0) is 44.0 Å². The van der Waals surface area contributed by atoms with Crippen LogP contribution in [0.3, 0.4) is 0 Å². The number of hydrogen-bond donors (Lipinski definition) is 3. The number of nitrogens with one attached hydrogen (secondary N) is 2. The zero-order valence-electron chi connectivity index (χ0n) is 13.7. The summed E-state index contributed by atoms with van der Waals surface area (Å²) < 4.78 is 5.32. The average Bonchev–Trinajstić information content (AvgIpc) is 2.53. The molecule has 1 aliphatic carbocycles. The van der Waals surface area contributed by atoms with Crippen molar-refractivity contribution < 1.29 is 14.3 Å². The van der Waals surface area contributed by atoms with E-state index in [1.807, 2.05) is 6.92 Å². The normalized spacial score (nSPS) is 23.9. The first-order valence-electron chi connectivity index (χ1n) is 7.95. The zero-order chi connectivity index (χ0) is 16.9. The second-order valence-electron chi connectivity index (χ2n) is 6.28. The Morgan fingerprint density at radius 2 is 2.00 bits per heavy atom. The third-order valence-electron chi connectivity index (χ3n) is 4.34. The molecule has 1 saturated carbocycles. The summed E-state index contributed by atoms with van der Waals surface area (Å²) in [7, 11) is 1.56. The zero-order valence-corrected chi connectivity index (χ0v) is 13.7. The lowest BCUT2D eigenvalue weighted by Crippen LogP contribution is -2.51. The standard InChI is InChI=1S/C17H25N3O3/c1-17(18)10-4-3-5-14(17)16(22)20-12-6-8-13(9-7-12)23-11-15(21)19-2/h6-9,14H,3-5,10-11,18H2,1-2H3,(H,19,21)(H,20,22). The van der Waals surface area contributed by atoms with Crippen LogP contribution in [-0.2, 0) is 9.59 Å². The first-order chi connectivity index (χ1) is 10.9. The topological polar surface area (TPSA) is 93.5 Å². The smallest absolute Gasteiger partial charge is 0.257 e. The molecule has 0 spiro atoms. The van der Waals surface area contributed by atoms with E-state index < -0.39 is 5.54 Å². The molecule has 1 aromatic rings. The van der Waals surface area contributed by atoms with Crippen molar-refractivity contribution in [3.05, 3.63) is 24.3 Å². The van der Waals surface area contributed by atoms with Crippen LogP contribution >= 0.6 is 0 Å². The van der Waals surface area contributed by atoms with Crippen molar-refractivity contribution in [3.63, 3.8) is 0 Å². The molecule has 2 rings (SSSR count). The molecule has 1 fully saturated rings. The van der Waals surface area contributed by atoms with Gasteiger partial charge in [0.15, 0.2) is 6.61 Å². The van der Waals surface area contributed by atoms with Crippen LogP contribution in [0.25, 0.3) is 0 Å². The molecule has 2 amide bonds. The quantitative estimate of drug-likeness (QED) is 0.769. The van der Waals surface area contributed by atoms with E-state index in [-0.39, 0.29) is 24.3 Å². The highest BCUT2D eigenvalue weighted by atomic mass is 16.5. The maximum absolute atomic E-state index is 12.4. The Morgan fingerprint density at radius 3 is 2.61 bits per heavy atom. The minimum atomic E-state index is -0.446. The summed E-state index contributed by atoms with van der Waals surface area (Å²) in [6.07, 6.45) is 3.81. The van der Waals surface area contributed by atoms with Gasteiger partial charge in [0.1, 0.15) is 5.75 Å². The molecule has 6 heteroatoms. The van der Waals surface area contributed by atoms with Crippen LogP contribution in [0.5, 0.6) is 5.75 Å². The summed E-state index contributed by atoms with van der Waals surface area (Å²) in [6, 6.07) is 6.96. The van der Waals surface area contributed by atoms with Crippen molar-refractivity contribution in [1.82, 2.24) is 5.32 Å². The SMILES string of the molecule is CNC(=O)COc1ccc(NC(=O)C2CCCCC2(C)N)cc1. The third kappa shape index (κ3) is 4.69. The Kier molecular flexibility index (Phi) is 5.60. The molecular weight excluding hydrogens is 294 g/mol. The van der Waals surface area contributed by atoms with E-state index in [1.54, 1.807) is 31.3 Å². The number of likely N-dealkylation sites (N-methyl/N-ethyl adjacent to an activating group) is 1. The van der Waals surface area contributed by atoms with Gasteiger partial charge >= 0.3 is 0 Å². The van der Waals surface area contributed by atoms with E-state index in [0.717, 1.165) is 25.7 Å². The number of amides is 2. The molecule has 0 aromatic heterocycles. The van der Waals surface area contributed by atoms with Crippen LogP contribution < -0.4 is 21.1 Å². The largest absolute Gasteiger partial charge is 0.484 e. The maximum Gasteiger partial charge on any atom is 0.257 e. The first kappa shape index (κ1) is 17.3. The monoisotopic (exact) mass is 319 g/mol. The van der Waals surface area contributed by atoms with Gasteiger partial charge in [-0.2, -0.15) is 0 Å². The molecular formula is C17H25N3O3. The molecule has 6 nitrogen and oxygen atoms in total. The molecule has 126 valence electrons. The van der Waals surface area contributed by atoms with Gasteiger partial charge in [-0.25, -0.2) is 0 Å². The van der Waals surface area contributed by atoms with E-state index in [0.29, 0.717) is 11.4 Å². The highest BCUT2D eigenvalue weighted by Crippen LogP contribution is 2.32. The van der Waals surface area contributed by atoms with E-state index in [9.17, 15) is 9.59 Å². The van der Waals surface area contributed by atoms with Crippen LogP contribution in [0.15, 0.2) is 24.3 Å². The molecule has 1 aromatic carbocycles. The molecule has 1 aliphatic rings. The lowest BCUT2D eigenvalue weighted by Gasteiger charge is -2.37. The summed E-state index contributed by atoms with van der Waals surface area (Å²) in [6.45, 7) is 1.92. The lowest BCUT2D eigenvalue weighted by molar-refractivity contribution is -0.123. The van der Waals surface area contributed by atoms with Gasteiger partial charge in [0, 0.05) is 18.3 Å². The highest BCUT2D eigenvalue weighted by Gasteiger charge is 2.37. The van der Waals surface area contributed by atoms with E-state index in [4.69, 9.17) is 10.5 Å². The van der Waals surface area contributed by atoms with E-state index in [2.05, 4.69) is 10.6 Å². The van der Waals surface area contributed by atoms with Crippen molar-refractivity contribution >= 4 is 17.5 Å². The summed E-state index contributed by atoms with van der Waals surface area (Å²) in [4.78, 5) is 23.6. The lowest BCUT2D eigenvalue weighted by atomic mass is 9.74. The maximum atomic E-state index is 12.4. The summed E-state index contributed by atoms with van der Waals surface area (Å²) in [5, 5.41) is 5.40. The second kappa shape index (κ2) is 7.46. The van der Waals surface area contributed by atoms with E-state index >= 15 is 0 Å². The fraction of sp³-hybridized carbons (Fsp3) is 0.529. The Hall–Kier alpha value is -2.08. The summed E-state index contributed by atoms with van der Waals surface area (Å²) in [5.74, 6) is 0.184. The fourth-order valence-electron chi connectivity index (χ4n) is 2.87. The number of anilines is 1. The molecule has 2 unspecified atom stereocenters. The van der Waals surface area contributed by atoms with Crippen LogP contribution in [0.2, 0.25) is 0 Å². The number of ether oxygens (including phenoxy) is 1. The predicted octanol–water partition coefficient (Wildman–Crippen LogP) is 1.66. The van der Waals surface area contributed by atoms with Crippen molar-refractivity contribution in [2.24, 2.45) is 11.7 Å². The summed E-state index contributed by atoms with van der Waals surface area (Å²) >= 11 is 0. The Balaban J connectivity index is 1.92. The van der Waals surface area contributed by atoms with Gasteiger partial charge in [-0.15, -0.1) is 0 Å². The van der Waals surface area contributed by atoms with Gasteiger partial charge < -0.3 is 21.1 Å². The number of rotatable bonds is 5. The van der Waals surface area contributed by atoms with Gasteiger partial charge in [0.25, 0.3) is 5.91 Å². The molecule has 23 heavy (non-hydrogen) atoms. The van der Waals surface area contributed by atoms with Gasteiger partial charge in [-0.3, -0.25) is 9.59 Å². The predicted molar refractivity (Wildman–Crippen MR) is 89.2 cm³/mol. The van der Waals surface area contributed by atoms with E-state index in [1.165, 1.54) is 0 Å². The highest BCUT2D eigenvalue weighted by molar-refractivity contribution is 5.93. The Bertz CT molecular complexity index is 555. The van der Waals surface area contributed by atoms with Crippen LogP contribution in [0, 0.1) is 5.92 Å². The average molecular weight is 319 g/mol. The molecule has 0 bridgehead atoms. The number of carbonyl (C=O) groups excluding carboxylic acids is 2. The molecule has 0 aliphatic heterocycles. The minimum absolute atomic E-state index is 0.0319. The number of nitrogens with two attached hydrogens (primary N) is 1. The van der Waals surface area contributed by atoms with Gasteiger partial charge in [0.2, 0.25) is 5.91 Å². The van der Waals surface area contributed by atoms with Crippen molar-refractivity contribution in [2.45, 2.75) is 38.1 Å². The van der Waals surface area contributed by atoms with Crippen LogP contribution in [0.1, 0.15) is 32.6 Å². The van der Waals surface area contributed by atoms with Gasteiger partial charge in [-0.1, -0.05) is 12.8 Å². The van der Waals surface area contributed by atoms with Crippen molar-refractivity contribution in [2.75, 3.05) is 19.0 Å². The minimum Gasteiger partial charge on any atom is -0.484 e. The molecule has 4 N–H and O–H groups in total. The second-order valence-corrected chi connectivity index (χ2v) is 6.28. The third-order valence-corrected chi connectivity index (χ3v) is 4.34. The van der Waals surface area contributed by atoms with Crippen molar-refractivity contribution in [1.29, 1.82) is 0 Å². The molecule has 0 radical (unpaired) electrons. The Morgan fingerprint density at radius 1 is 1.30 bits per heavy atom. The van der Waals surface area contributed by atoms with Gasteiger partial charge in [0.05, 0.1) is 5.92 Å². The van der Waals surface area contributed by atoms with Crippen LogP contribution in [-0.4, -0.2) is 31.0 Å². The molecule has 0 saturated heterocycles. The number of carbonyl (C=O) groups is 2. The number of hydrogen-bond acceptors (Lipinski definition) is 4. The first-order valence-corrected chi connectivity index (χ1v) is 7.95.